The van der Waals surface area contributed by atoms with Crippen LogP contribution in [0.4, 0.5) is 10.1 Å². The molecule has 2 aromatic rings. The summed E-state index contributed by atoms with van der Waals surface area (Å²) < 4.78 is 13.5. The highest BCUT2D eigenvalue weighted by molar-refractivity contribution is 5.99. The zero-order chi connectivity index (χ0) is 18.8. The van der Waals surface area contributed by atoms with Crippen molar-refractivity contribution >= 4 is 11.5 Å². The fraction of sp³-hybridized carbons (Fsp3) is 0.273. The number of nitrogens with one attached hydrogen (secondary N) is 2. The van der Waals surface area contributed by atoms with Gasteiger partial charge in [0.15, 0.2) is 5.78 Å². The molecule has 5 heteroatoms. The van der Waals surface area contributed by atoms with Gasteiger partial charge in [-0.25, -0.2) is 4.39 Å². The molecule has 0 fully saturated rings. The fourth-order valence-corrected chi connectivity index (χ4v) is 3.95. The lowest BCUT2D eigenvalue weighted by Gasteiger charge is -2.35. The van der Waals surface area contributed by atoms with Gasteiger partial charge in [-0.15, -0.1) is 0 Å². The van der Waals surface area contributed by atoms with Gasteiger partial charge in [-0.05, 0) is 55.2 Å². The molecule has 27 heavy (non-hydrogen) atoms. The Morgan fingerprint density at radius 2 is 2.04 bits per heavy atom. The van der Waals surface area contributed by atoms with Gasteiger partial charge < -0.3 is 10.6 Å². The molecule has 1 aliphatic carbocycles. The maximum absolute atomic E-state index is 13.5. The minimum Gasteiger partial charge on any atom is -0.380 e. The number of nitrogens with zero attached hydrogens (tertiary/aromatic N) is 1. The van der Waals surface area contributed by atoms with Crippen LogP contribution in [0.25, 0.3) is 0 Å². The van der Waals surface area contributed by atoms with E-state index in [-0.39, 0.29) is 17.5 Å². The third-order valence-corrected chi connectivity index (χ3v) is 5.26. The molecule has 0 saturated heterocycles. The quantitative estimate of drug-likeness (QED) is 0.850. The highest BCUT2D eigenvalue weighted by Gasteiger charge is 2.35. The monoisotopic (exact) mass is 363 g/mol. The van der Waals surface area contributed by atoms with Crippen LogP contribution in [0.3, 0.4) is 0 Å². The van der Waals surface area contributed by atoms with Crippen molar-refractivity contribution in [2.45, 2.75) is 32.1 Å². The summed E-state index contributed by atoms with van der Waals surface area (Å²) in [5.41, 5.74) is 5.87. The topological polar surface area (TPSA) is 54.0 Å². The number of benzene rings is 1. The Kier molecular flexibility index (Phi) is 4.75. The average molecular weight is 363 g/mol. The van der Waals surface area contributed by atoms with Crippen molar-refractivity contribution in [1.82, 2.24) is 10.3 Å². The van der Waals surface area contributed by atoms with Gasteiger partial charge in [-0.2, -0.15) is 0 Å². The molecule has 1 aromatic carbocycles. The summed E-state index contributed by atoms with van der Waals surface area (Å²) in [6.45, 7) is 2.62. The van der Waals surface area contributed by atoms with E-state index in [9.17, 15) is 9.18 Å². The van der Waals surface area contributed by atoms with E-state index in [4.69, 9.17) is 0 Å². The highest BCUT2D eigenvalue weighted by Crippen LogP contribution is 2.42. The van der Waals surface area contributed by atoms with E-state index in [2.05, 4.69) is 15.6 Å². The Balaban J connectivity index is 1.72. The van der Waals surface area contributed by atoms with Crippen LogP contribution in [-0.2, 0) is 4.79 Å². The van der Waals surface area contributed by atoms with E-state index in [0.29, 0.717) is 13.0 Å². The number of carbonyl (C=O) groups excluding carboxylic acids is 1. The van der Waals surface area contributed by atoms with Crippen molar-refractivity contribution < 1.29 is 9.18 Å². The van der Waals surface area contributed by atoms with E-state index < -0.39 is 0 Å². The molecule has 4 rings (SSSR count). The van der Waals surface area contributed by atoms with Crippen molar-refractivity contribution in [3.8, 4) is 0 Å². The Morgan fingerprint density at radius 3 is 2.78 bits per heavy atom. The molecule has 138 valence electrons. The van der Waals surface area contributed by atoms with Gasteiger partial charge in [0.25, 0.3) is 0 Å². The third kappa shape index (κ3) is 3.50. The number of Topliss-reactive ketones (excluding diaryl/α,β-unsaturated/α-hetero) is 1. The number of allylic oxidation sites excluding steroid dienone is 3. The van der Waals surface area contributed by atoms with E-state index in [1.165, 1.54) is 12.1 Å². The number of rotatable bonds is 4. The number of carbonyl (C=O) groups is 1. The predicted octanol–water partition coefficient (Wildman–Crippen LogP) is 4.30. The molecule has 1 atom stereocenters. The van der Waals surface area contributed by atoms with Crippen LogP contribution in [0.15, 0.2) is 71.3 Å². The van der Waals surface area contributed by atoms with Gasteiger partial charge in [-0.3, -0.25) is 9.78 Å². The molecule has 1 unspecified atom stereocenters. The molecular formula is C22H22FN3O. The van der Waals surface area contributed by atoms with Crippen molar-refractivity contribution in [2.75, 3.05) is 11.9 Å². The van der Waals surface area contributed by atoms with Gasteiger partial charge in [0, 0.05) is 48.2 Å². The highest BCUT2D eigenvalue weighted by atomic mass is 19.1. The molecule has 4 nitrogen and oxygen atoms in total. The lowest BCUT2D eigenvalue weighted by molar-refractivity contribution is -0.116. The summed E-state index contributed by atoms with van der Waals surface area (Å²) in [5, 5.41) is 6.85. The summed E-state index contributed by atoms with van der Waals surface area (Å²) >= 11 is 0. The molecule has 1 aromatic heterocycles. The van der Waals surface area contributed by atoms with Crippen LogP contribution in [0.5, 0.6) is 0 Å². The molecule has 2 aliphatic rings. The fourth-order valence-electron chi connectivity index (χ4n) is 3.95. The summed E-state index contributed by atoms with van der Waals surface area (Å²) in [5.74, 6) is -0.240. The van der Waals surface area contributed by atoms with Crippen LogP contribution in [0.1, 0.15) is 37.7 Å². The van der Waals surface area contributed by atoms with Crippen molar-refractivity contribution in [3.05, 3.63) is 82.7 Å². The van der Waals surface area contributed by atoms with Gasteiger partial charge in [-0.1, -0.05) is 12.1 Å². The number of pyridine rings is 1. The largest absolute Gasteiger partial charge is 0.380 e. The van der Waals surface area contributed by atoms with Crippen LogP contribution >= 0.6 is 0 Å². The Hall–Kier alpha value is -2.95. The molecular weight excluding hydrogens is 341 g/mol. The minimum atomic E-state index is -0.271. The summed E-state index contributed by atoms with van der Waals surface area (Å²) in [4.78, 5) is 16.9. The predicted molar refractivity (Wildman–Crippen MR) is 104 cm³/mol. The van der Waals surface area contributed by atoms with E-state index in [1.54, 1.807) is 24.5 Å². The minimum absolute atomic E-state index is 0.154. The number of ketones is 1. The van der Waals surface area contributed by atoms with Gasteiger partial charge in [0.1, 0.15) is 5.82 Å². The van der Waals surface area contributed by atoms with Crippen LogP contribution in [-0.4, -0.2) is 17.3 Å². The SMILES string of the molecule is CC1=C(CNc2cccnc2)C(c2ccc(F)cc2)C2=C(CCCC2=O)N1. The first-order valence-electron chi connectivity index (χ1n) is 9.26. The summed E-state index contributed by atoms with van der Waals surface area (Å²) in [6, 6.07) is 10.3. The normalized spacial score (nSPS) is 19.6. The molecule has 2 heterocycles. The summed E-state index contributed by atoms with van der Waals surface area (Å²) in [6.07, 6.45) is 5.82. The first-order valence-corrected chi connectivity index (χ1v) is 9.26. The maximum Gasteiger partial charge on any atom is 0.161 e. The average Bonchev–Trinajstić information content (AvgIpc) is 2.68. The van der Waals surface area contributed by atoms with Crippen molar-refractivity contribution in [2.24, 2.45) is 0 Å². The van der Waals surface area contributed by atoms with Crippen molar-refractivity contribution in [3.63, 3.8) is 0 Å². The zero-order valence-electron chi connectivity index (χ0n) is 15.3. The van der Waals surface area contributed by atoms with Gasteiger partial charge in [0.2, 0.25) is 0 Å². The summed E-state index contributed by atoms with van der Waals surface area (Å²) in [7, 11) is 0. The number of anilines is 1. The van der Waals surface area contributed by atoms with Crippen LogP contribution in [0.2, 0.25) is 0 Å². The van der Waals surface area contributed by atoms with Crippen LogP contribution < -0.4 is 10.6 Å². The zero-order valence-corrected chi connectivity index (χ0v) is 15.3. The Labute approximate surface area is 158 Å². The second kappa shape index (κ2) is 7.35. The molecule has 0 radical (unpaired) electrons. The number of hydrogen-bond donors (Lipinski definition) is 2. The van der Waals surface area contributed by atoms with E-state index >= 15 is 0 Å². The van der Waals surface area contributed by atoms with Crippen molar-refractivity contribution in [1.29, 1.82) is 0 Å². The lowest BCUT2D eigenvalue weighted by Crippen LogP contribution is -2.33. The van der Waals surface area contributed by atoms with E-state index in [0.717, 1.165) is 46.6 Å². The van der Waals surface area contributed by atoms with Gasteiger partial charge >= 0.3 is 0 Å². The second-order valence-corrected chi connectivity index (χ2v) is 7.02. The van der Waals surface area contributed by atoms with Crippen LogP contribution in [0, 0.1) is 5.82 Å². The molecule has 0 spiro atoms. The molecule has 0 saturated carbocycles. The maximum atomic E-state index is 13.5. The Bertz CT molecular complexity index is 916. The number of hydrogen-bond acceptors (Lipinski definition) is 4. The lowest BCUT2D eigenvalue weighted by atomic mass is 9.75. The molecule has 0 amide bonds. The number of dihydropyridines is 1. The second-order valence-electron chi connectivity index (χ2n) is 7.02. The van der Waals surface area contributed by atoms with E-state index in [1.807, 2.05) is 19.1 Å². The molecule has 1 aliphatic heterocycles. The Morgan fingerprint density at radius 1 is 1.22 bits per heavy atom. The standard InChI is InChI=1S/C22H22FN3O/c1-14-18(13-25-17-4-3-11-24-12-17)21(15-7-9-16(23)10-8-15)22-19(26-14)5-2-6-20(22)27/h3-4,7-12,21,25-26H,2,5-6,13H2,1H3. The third-order valence-electron chi connectivity index (χ3n) is 5.26. The van der Waals surface area contributed by atoms with Gasteiger partial charge in [0.05, 0.1) is 5.69 Å². The number of halogens is 1. The molecule has 0 bridgehead atoms. The smallest absolute Gasteiger partial charge is 0.161 e. The first-order chi connectivity index (χ1) is 13.1. The first kappa shape index (κ1) is 17.5. The number of aromatic nitrogens is 1. The molecule has 2 N–H and O–H groups in total.